The topological polar surface area (TPSA) is 40.1 Å². The Morgan fingerprint density at radius 3 is 0.872 bits per heavy atom. The summed E-state index contributed by atoms with van der Waals surface area (Å²) in [5.41, 5.74) is 0. The highest BCUT2D eigenvalue weighted by Crippen LogP contribution is 2.63. The number of hydrogen-bond donors (Lipinski definition) is 0. The van der Waals surface area contributed by atoms with Crippen molar-refractivity contribution in [2.24, 2.45) is 0 Å². The first kappa shape index (κ1) is 39.5. The Hall–Kier alpha value is -3.71. The van der Waals surface area contributed by atoms with Gasteiger partial charge >= 0.3 is 47.6 Å². The van der Waals surface area contributed by atoms with Gasteiger partial charge in [0, 0.05) is 0 Å². The molecule has 260 valence electrons. The SMILES string of the molecule is O=C([O-])C(F)(F)C(F)(F)C(F)(F)C(F)(F)C(F)(F)C(F)(F)C(F)(F)C(F)(F)F.c1ccc([S+](c2ccccc2)c2ccccc2)cc1. The van der Waals surface area contributed by atoms with Crippen molar-refractivity contribution in [2.75, 3.05) is 0 Å². The predicted octanol–water partition coefficient (Wildman–Crippen LogP) is 8.53. The lowest BCUT2D eigenvalue weighted by atomic mass is 9.89. The van der Waals surface area contributed by atoms with Gasteiger partial charge in [0.2, 0.25) is 0 Å². The molecule has 3 aromatic rings. The van der Waals surface area contributed by atoms with Gasteiger partial charge in [-0.05, 0) is 36.4 Å². The van der Waals surface area contributed by atoms with Crippen molar-refractivity contribution in [3.8, 4) is 0 Å². The van der Waals surface area contributed by atoms with Crippen LogP contribution in [0.2, 0.25) is 0 Å². The quantitative estimate of drug-likeness (QED) is 0.155. The van der Waals surface area contributed by atoms with E-state index in [1.54, 1.807) is 0 Å². The van der Waals surface area contributed by atoms with E-state index in [0.29, 0.717) is 0 Å². The lowest BCUT2D eigenvalue weighted by Crippen LogP contribution is -2.75. The van der Waals surface area contributed by atoms with Crippen LogP contribution in [0.25, 0.3) is 0 Å². The molecule has 0 atom stereocenters. The van der Waals surface area contributed by atoms with E-state index in [9.17, 15) is 84.5 Å². The van der Waals surface area contributed by atoms with Crippen molar-refractivity contribution in [1.29, 1.82) is 0 Å². The summed E-state index contributed by atoms with van der Waals surface area (Å²) >= 11 is 0. The molecule has 0 unspecified atom stereocenters. The summed E-state index contributed by atoms with van der Waals surface area (Å²) < 4.78 is 214. The third-order valence-electron chi connectivity index (χ3n) is 5.92. The highest BCUT2D eigenvalue weighted by molar-refractivity contribution is 7.97. The zero-order chi connectivity index (χ0) is 36.5. The second kappa shape index (κ2) is 13.1. The van der Waals surface area contributed by atoms with Crippen LogP contribution in [-0.4, -0.2) is 53.6 Å². The Kier molecular flexibility index (Phi) is 11.0. The van der Waals surface area contributed by atoms with Crippen LogP contribution in [0.4, 0.5) is 74.6 Å². The second-order valence-electron chi connectivity index (χ2n) is 9.05. The third-order valence-corrected chi connectivity index (χ3v) is 8.15. The molecule has 0 aliphatic rings. The number of aliphatic carboxylic acids is 1. The van der Waals surface area contributed by atoms with Gasteiger partial charge in [-0.1, -0.05) is 54.6 Å². The first-order valence-electron chi connectivity index (χ1n) is 12.0. The van der Waals surface area contributed by atoms with Crippen molar-refractivity contribution >= 4 is 16.9 Å². The molecule has 0 aliphatic carbocycles. The van der Waals surface area contributed by atoms with Crippen LogP contribution in [0.3, 0.4) is 0 Å². The number of carboxylic acid groups (broad SMARTS) is 1. The lowest BCUT2D eigenvalue weighted by Gasteiger charge is -2.42. The fraction of sp³-hybridized carbons (Fsp3) is 0.296. The van der Waals surface area contributed by atoms with E-state index in [2.05, 4.69) is 91.0 Å². The largest absolute Gasteiger partial charge is 0.544 e. The van der Waals surface area contributed by atoms with Crippen LogP contribution in [0, 0.1) is 0 Å². The van der Waals surface area contributed by atoms with Crippen LogP contribution >= 0.6 is 0 Å². The van der Waals surface area contributed by atoms with E-state index >= 15 is 0 Å². The van der Waals surface area contributed by atoms with Crippen LogP contribution in [0.15, 0.2) is 106 Å². The van der Waals surface area contributed by atoms with Crippen LogP contribution < -0.4 is 5.11 Å². The first-order valence-corrected chi connectivity index (χ1v) is 13.2. The average molecular weight is 726 g/mol. The number of carbonyl (C=O) groups excluding carboxylic acids is 1. The molecule has 20 heteroatoms. The maximum absolute atomic E-state index is 13.0. The molecule has 0 amide bonds. The van der Waals surface area contributed by atoms with Gasteiger partial charge in [0.1, 0.15) is 5.97 Å². The molecule has 0 aromatic heterocycles. The summed E-state index contributed by atoms with van der Waals surface area (Å²) in [6, 6.07) is 32.2. The smallest absolute Gasteiger partial charge is 0.460 e. The minimum absolute atomic E-state index is 0.0146. The zero-order valence-corrected chi connectivity index (χ0v) is 23.1. The monoisotopic (exact) mass is 726 g/mol. The fourth-order valence-electron chi connectivity index (χ4n) is 3.37. The zero-order valence-electron chi connectivity index (χ0n) is 22.3. The van der Waals surface area contributed by atoms with E-state index in [1.165, 1.54) is 14.7 Å². The minimum Gasteiger partial charge on any atom is -0.544 e. The summed E-state index contributed by atoms with van der Waals surface area (Å²) in [7, 11) is -0.0146. The number of carbonyl (C=O) groups is 1. The van der Waals surface area contributed by atoms with Gasteiger partial charge in [0.05, 0.1) is 10.9 Å². The molecule has 0 saturated carbocycles. The molecule has 2 nitrogen and oxygen atoms in total. The summed E-state index contributed by atoms with van der Waals surface area (Å²) in [5, 5.41) is 9.65. The molecule has 0 radical (unpaired) electrons. The average Bonchev–Trinajstić information content (AvgIpc) is 2.98. The summed E-state index contributed by atoms with van der Waals surface area (Å²) in [6.07, 6.45) is -7.84. The van der Waals surface area contributed by atoms with Crippen molar-refractivity contribution < 1.29 is 84.5 Å². The first-order chi connectivity index (χ1) is 21.1. The predicted molar refractivity (Wildman–Crippen MR) is 127 cm³/mol. The van der Waals surface area contributed by atoms with Crippen molar-refractivity contribution in [3.05, 3.63) is 91.0 Å². The van der Waals surface area contributed by atoms with Gasteiger partial charge in [0.15, 0.2) is 14.7 Å². The molecule has 0 fully saturated rings. The van der Waals surface area contributed by atoms with Crippen LogP contribution in [0.1, 0.15) is 0 Å². The number of halogens is 17. The maximum Gasteiger partial charge on any atom is 0.460 e. The highest BCUT2D eigenvalue weighted by Gasteiger charge is 2.95. The third kappa shape index (κ3) is 6.69. The molecule has 0 heterocycles. The van der Waals surface area contributed by atoms with E-state index in [0.717, 1.165) is 0 Å². The van der Waals surface area contributed by atoms with E-state index in [4.69, 9.17) is 0 Å². The van der Waals surface area contributed by atoms with Gasteiger partial charge in [-0.2, -0.15) is 74.6 Å². The maximum atomic E-state index is 13.0. The van der Waals surface area contributed by atoms with Gasteiger partial charge < -0.3 is 9.90 Å². The summed E-state index contributed by atoms with van der Waals surface area (Å²) in [5.74, 6) is -63.5. The number of carboxylic acids is 1. The fourth-order valence-corrected chi connectivity index (χ4v) is 5.47. The lowest BCUT2D eigenvalue weighted by molar-refractivity contribution is -0.463. The summed E-state index contributed by atoms with van der Waals surface area (Å²) in [4.78, 5) is 13.7. The molecular formula is C27H15F17O2S. The van der Waals surface area contributed by atoms with Crippen molar-refractivity contribution in [3.63, 3.8) is 0 Å². The van der Waals surface area contributed by atoms with Gasteiger partial charge in [-0.25, -0.2) is 0 Å². The minimum atomic E-state index is -8.79. The molecule has 47 heavy (non-hydrogen) atoms. The van der Waals surface area contributed by atoms with Crippen LogP contribution in [-0.2, 0) is 15.7 Å². The molecular weight excluding hydrogens is 711 g/mol. The molecule has 0 aliphatic heterocycles. The van der Waals surface area contributed by atoms with Gasteiger partial charge in [-0.15, -0.1) is 0 Å². The van der Waals surface area contributed by atoms with Gasteiger partial charge in [0.25, 0.3) is 0 Å². The number of hydrogen-bond acceptors (Lipinski definition) is 2. The van der Waals surface area contributed by atoms with E-state index in [-0.39, 0.29) is 10.9 Å². The standard InChI is InChI=1S/C18H15S.C9HF17O2/c1-4-10-16(11-5-1)19(17-12-6-2-7-13-17)18-14-8-3-9-15-18;10-2(11,1(27)28)3(12,13)4(14,15)5(16,17)6(18,19)7(20,21)8(22,23)9(24,25)26/h1-15H;(H,27,28)/q+1;/p-1. The van der Waals surface area contributed by atoms with E-state index in [1.807, 2.05) is 0 Å². The Balaban J connectivity index is 0.000000347. The number of benzene rings is 3. The Labute approximate surface area is 255 Å². The molecule has 3 rings (SSSR count). The molecule has 3 aromatic carbocycles. The highest BCUT2D eigenvalue weighted by atomic mass is 32.2. The Morgan fingerprint density at radius 2 is 0.638 bits per heavy atom. The molecule has 0 saturated heterocycles. The second-order valence-corrected chi connectivity index (χ2v) is 11.1. The molecule has 0 N–H and O–H groups in total. The number of alkyl halides is 17. The number of rotatable bonds is 10. The molecule has 0 bridgehead atoms. The van der Waals surface area contributed by atoms with Crippen LogP contribution in [0.5, 0.6) is 0 Å². The van der Waals surface area contributed by atoms with Gasteiger partial charge in [-0.3, -0.25) is 0 Å². The van der Waals surface area contributed by atoms with E-state index < -0.39 is 53.6 Å². The Bertz CT molecular complexity index is 1390. The van der Waals surface area contributed by atoms with Crippen molar-refractivity contribution in [1.82, 2.24) is 0 Å². The summed E-state index contributed by atoms with van der Waals surface area (Å²) in [6.45, 7) is 0. The Morgan fingerprint density at radius 1 is 0.404 bits per heavy atom. The molecule has 0 spiro atoms. The normalized spacial score (nSPS) is 14.0. The van der Waals surface area contributed by atoms with Crippen molar-refractivity contribution in [2.45, 2.75) is 62.3 Å².